The summed E-state index contributed by atoms with van der Waals surface area (Å²) in [4.78, 5) is 16.2. The van der Waals surface area contributed by atoms with Crippen molar-refractivity contribution >= 4 is 17.5 Å². The Bertz CT molecular complexity index is 597. The van der Waals surface area contributed by atoms with E-state index in [1.165, 1.54) is 0 Å². The number of carbonyl (C=O) groups is 1. The number of halogens is 1. The first-order valence-electron chi connectivity index (χ1n) is 6.58. The Morgan fingerprint density at radius 3 is 2.57 bits per heavy atom. The Hall–Kier alpha value is -2.07. The molecular formula is C16H17ClN2O2. The second-order valence-corrected chi connectivity index (χ2v) is 5.57. The van der Waals surface area contributed by atoms with Gasteiger partial charge < -0.3 is 10.1 Å². The summed E-state index contributed by atoms with van der Waals surface area (Å²) in [5.74, 6) is 0.394. The molecule has 0 saturated carbocycles. The van der Waals surface area contributed by atoms with Gasteiger partial charge in [0.2, 0.25) is 0 Å². The van der Waals surface area contributed by atoms with Crippen molar-refractivity contribution in [2.75, 3.05) is 6.61 Å². The molecule has 0 bridgehead atoms. The van der Waals surface area contributed by atoms with Crippen molar-refractivity contribution in [2.24, 2.45) is 0 Å². The summed E-state index contributed by atoms with van der Waals surface area (Å²) in [5, 5.41) is 3.53. The van der Waals surface area contributed by atoms with E-state index in [9.17, 15) is 4.79 Å². The second kappa shape index (κ2) is 6.59. The van der Waals surface area contributed by atoms with Gasteiger partial charge in [0.05, 0.1) is 11.2 Å². The van der Waals surface area contributed by atoms with Crippen LogP contribution >= 0.6 is 11.6 Å². The topological polar surface area (TPSA) is 51.2 Å². The highest BCUT2D eigenvalue weighted by atomic mass is 35.5. The first-order chi connectivity index (χ1) is 9.97. The van der Waals surface area contributed by atoms with E-state index >= 15 is 0 Å². The van der Waals surface area contributed by atoms with E-state index < -0.39 is 5.54 Å². The SMILES string of the molecule is CC(C)(NC(=O)COc1ccc(Cl)cc1)c1ccccn1. The molecule has 5 heteroatoms. The highest BCUT2D eigenvalue weighted by Crippen LogP contribution is 2.18. The number of hydrogen-bond donors (Lipinski definition) is 1. The fourth-order valence-corrected chi connectivity index (χ4v) is 1.99. The minimum Gasteiger partial charge on any atom is -0.484 e. The van der Waals surface area contributed by atoms with Gasteiger partial charge in [-0.3, -0.25) is 9.78 Å². The van der Waals surface area contributed by atoms with Crippen LogP contribution in [0.15, 0.2) is 48.7 Å². The summed E-state index contributed by atoms with van der Waals surface area (Å²) >= 11 is 5.79. The molecule has 4 nitrogen and oxygen atoms in total. The average Bonchev–Trinajstić information content (AvgIpc) is 2.47. The van der Waals surface area contributed by atoms with Crippen molar-refractivity contribution in [2.45, 2.75) is 19.4 Å². The van der Waals surface area contributed by atoms with Gasteiger partial charge in [0.1, 0.15) is 5.75 Å². The molecule has 1 N–H and O–H groups in total. The van der Waals surface area contributed by atoms with Gasteiger partial charge in [-0.05, 0) is 50.2 Å². The number of rotatable bonds is 5. The highest BCUT2D eigenvalue weighted by Gasteiger charge is 2.24. The van der Waals surface area contributed by atoms with Crippen molar-refractivity contribution in [3.8, 4) is 5.75 Å². The van der Waals surface area contributed by atoms with Gasteiger partial charge in [-0.1, -0.05) is 17.7 Å². The summed E-state index contributed by atoms with van der Waals surface area (Å²) in [6, 6.07) is 12.5. The molecule has 2 aromatic rings. The van der Waals surface area contributed by atoms with E-state index in [1.807, 2.05) is 32.0 Å². The van der Waals surface area contributed by atoms with Crippen LogP contribution < -0.4 is 10.1 Å². The summed E-state index contributed by atoms with van der Waals surface area (Å²) in [6.45, 7) is 3.74. The van der Waals surface area contributed by atoms with E-state index in [0.717, 1.165) is 5.69 Å². The quantitative estimate of drug-likeness (QED) is 0.923. The molecule has 2 rings (SSSR count). The Balaban J connectivity index is 1.91. The first-order valence-corrected chi connectivity index (χ1v) is 6.96. The molecule has 0 aliphatic heterocycles. The number of benzene rings is 1. The minimum atomic E-state index is -0.554. The predicted molar refractivity (Wildman–Crippen MR) is 82.4 cm³/mol. The molecule has 110 valence electrons. The van der Waals surface area contributed by atoms with Crippen LogP contribution in [0.2, 0.25) is 5.02 Å². The first kappa shape index (κ1) is 15.3. The zero-order valence-corrected chi connectivity index (χ0v) is 12.7. The van der Waals surface area contributed by atoms with Gasteiger partial charge in [-0.2, -0.15) is 0 Å². The fraction of sp³-hybridized carbons (Fsp3) is 0.250. The van der Waals surface area contributed by atoms with E-state index in [1.54, 1.807) is 30.5 Å². The van der Waals surface area contributed by atoms with E-state index in [4.69, 9.17) is 16.3 Å². The number of nitrogens with one attached hydrogen (secondary N) is 1. The number of nitrogens with zero attached hydrogens (tertiary/aromatic N) is 1. The largest absolute Gasteiger partial charge is 0.484 e. The average molecular weight is 305 g/mol. The highest BCUT2D eigenvalue weighted by molar-refractivity contribution is 6.30. The van der Waals surface area contributed by atoms with Gasteiger partial charge in [-0.15, -0.1) is 0 Å². The molecule has 0 spiro atoms. The smallest absolute Gasteiger partial charge is 0.258 e. The van der Waals surface area contributed by atoms with Crippen molar-refractivity contribution in [1.82, 2.24) is 10.3 Å². The summed E-state index contributed by atoms with van der Waals surface area (Å²) < 4.78 is 5.41. The van der Waals surface area contributed by atoms with Crippen LogP contribution in [0.25, 0.3) is 0 Å². The molecule has 1 aromatic heterocycles. The van der Waals surface area contributed by atoms with Crippen LogP contribution in [0.5, 0.6) is 5.75 Å². The molecule has 0 unspecified atom stereocenters. The molecule has 0 saturated heterocycles. The third-order valence-corrected chi connectivity index (χ3v) is 3.19. The lowest BCUT2D eigenvalue weighted by molar-refractivity contribution is -0.124. The molecular weight excluding hydrogens is 288 g/mol. The molecule has 1 amide bonds. The summed E-state index contributed by atoms with van der Waals surface area (Å²) in [6.07, 6.45) is 1.70. The van der Waals surface area contributed by atoms with Gasteiger partial charge in [0.25, 0.3) is 5.91 Å². The number of aromatic nitrogens is 1. The maximum atomic E-state index is 12.0. The van der Waals surface area contributed by atoms with Gasteiger partial charge >= 0.3 is 0 Å². The van der Waals surface area contributed by atoms with Crippen LogP contribution in [0.4, 0.5) is 0 Å². The van der Waals surface area contributed by atoms with E-state index in [-0.39, 0.29) is 12.5 Å². The van der Waals surface area contributed by atoms with Crippen molar-refractivity contribution in [3.05, 3.63) is 59.4 Å². The maximum absolute atomic E-state index is 12.0. The van der Waals surface area contributed by atoms with Crippen LogP contribution in [0.1, 0.15) is 19.5 Å². The Kier molecular flexibility index (Phi) is 4.81. The lowest BCUT2D eigenvalue weighted by atomic mass is 10.00. The minimum absolute atomic E-state index is 0.0576. The van der Waals surface area contributed by atoms with Gasteiger partial charge in [-0.25, -0.2) is 0 Å². The van der Waals surface area contributed by atoms with Crippen molar-refractivity contribution < 1.29 is 9.53 Å². The Morgan fingerprint density at radius 1 is 1.24 bits per heavy atom. The van der Waals surface area contributed by atoms with Crippen molar-refractivity contribution in [3.63, 3.8) is 0 Å². The molecule has 0 radical (unpaired) electrons. The van der Waals surface area contributed by atoms with Crippen LogP contribution in [-0.2, 0) is 10.3 Å². The zero-order chi connectivity index (χ0) is 15.3. The molecule has 21 heavy (non-hydrogen) atoms. The lowest BCUT2D eigenvalue weighted by Crippen LogP contribution is -2.43. The monoisotopic (exact) mass is 304 g/mol. The number of ether oxygens (including phenoxy) is 1. The third kappa shape index (κ3) is 4.46. The van der Waals surface area contributed by atoms with Gasteiger partial charge in [0.15, 0.2) is 6.61 Å². The molecule has 1 aromatic carbocycles. The molecule has 0 aliphatic carbocycles. The van der Waals surface area contributed by atoms with Crippen LogP contribution in [0.3, 0.4) is 0 Å². The predicted octanol–water partition coefficient (Wildman–Crippen LogP) is 3.17. The van der Waals surface area contributed by atoms with E-state index in [0.29, 0.717) is 10.8 Å². The van der Waals surface area contributed by atoms with Crippen LogP contribution in [-0.4, -0.2) is 17.5 Å². The number of pyridine rings is 1. The standard InChI is InChI=1S/C16H17ClN2O2/c1-16(2,14-5-3-4-10-18-14)19-15(20)11-21-13-8-6-12(17)7-9-13/h3-10H,11H2,1-2H3,(H,19,20). The molecule has 0 aliphatic rings. The molecule has 1 heterocycles. The summed E-state index contributed by atoms with van der Waals surface area (Å²) in [5.41, 5.74) is 0.242. The second-order valence-electron chi connectivity index (χ2n) is 5.13. The lowest BCUT2D eigenvalue weighted by Gasteiger charge is -2.25. The van der Waals surface area contributed by atoms with Crippen molar-refractivity contribution in [1.29, 1.82) is 0 Å². The van der Waals surface area contributed by atoms with Crippen LogP contribution in [0, 0.1) is 0 Å². The molecule has 0 atom stereocenters. The Morgan fingerprint density at radius 2 is 1.95 bits per heavy atom. The summed E-state index contributed by atoms with van der Waals surface area (Å²) in [7, 11) is 0. The van der Waals surface area contributed by atoms with Gasteiger partial charge in [0, 0.05) is 11.2 Å². The fourth-order valence-electron chi connectivity index (χ4n) is 1.86. The maximum Gasteiger partial charge on any atom is 0.258 e. The normalized spacial score (nSPS) is 11.0. The number of carbonyl (C=O) groups excluding carboxylic acids is 1. The Labute approximate surface area is 129 Å². The van der Waals surface area contributed by atoms with E-state index in [2.05, 4.69) is 10.3 Å². The molecule has 0 fully saturated rings. The zero-order valence-electron chi connectivity index (χ0n) is 12.0. The number of hydrogen-bond acceptors (Lipinski definition) is 3. The number of amides is 1. The third-order valence-electron chi connectivity index (χ3n) is 2.94.